The van der Waals surface area contributed by atoms with Crippen molar-refractivity contribution in [1.29, 1.82) is 0 Å². The van der Waals surface area contributed by atoms with Crippen LogP contribution in [-0.2, 0) is 10.0 Å². The molecule has 3 rings (SSSR count). The molecule has 0 atom stereocenters. The first-order valence-electron chi connectivity index (χ1n) is 9.15. The van der Waals surface area contributed by atoms with Gasteiger partial charge in [0.15, 0.2) is 0 Å². The van der Waals surface area contributed by atoms with E-state index in [1.165, 1.54) is 24.8 Å². The molecule has 2 aromatic carbocycles. The van der Waals surface area contributed by atoms with Crippen molar-refractivity contribution in [3.05, 3.63) is 72.3 Å². The molecule has 3 N–H and O–H groups in total. The number of benzene rings is 2. The standard InChI is InChI=1S/C21H24N4O3S/c1-16-6-8-17(9-7-16)24-21-5-3-4-20(25-21)22-14-15-23-29(26,27)19-12-10-18(28-2)11-13-19/h3-13,23H,14-15H2,1-2H3,(H2,22,24,25). The van der Waals surface area contributed by atoms with Crippen LogP contribution in [0.25, 0.3) is 0 Å². The molecule has 0 spiro atoms. The zero-order chi connectivity index (χ0) is 20.7. The molecule has 0 aliphatic heterocycles. The molecule has 0 aliphatic rings. The minimum Gasteiger partial charge on any atom is -0.497 e. The van der Waals surface area contributed by atoms with Crippen LogP contribution < -0.4 is 20.1 Å². The summed E-state index contributed by atoms with van der Waals surface area (Å²) >= 11 is 0. The van der Waals surface area contributed by atoms with Crippen molar-refractivity contribution in [2.24, 2.45) is 0 Å². The molecule has 0 saturated carbocycles. The number of ether oxygens (including phenoxy) is 1. The number of aryl methyl sites for hydroxylation is 1. The monoisotopic (exact) mass is 412 g/mol. The van der Waals surface area contributed by atoms with E-state index in [1.54, 1.807) is 12.1 Å². The lowest BCUT2D eigenvalue weighted by molar-refractivity contribution is 0.414. The van der Waals surface area contributed by atoms with Crippen LogP contribution in [0.5, 0.6) is 5.75 Å². The number of anilines is 3. The van der Waals surface area contributed by atoms with Gasteiger partial charge in [0.05, 0.1) is 12.0 Å². The highest BCUT2D eigenvalue weighted by atomic mass is 32.2. The van der Waals surface area contributed by atoms with E-state index in [-0.39, 0.29) is 11.4 Å². The third-order valence-electron chi connectivity index (χ3n) is 4.17. The fraction of sp³-hybridized carbons (Fsp3) is 0.190. The Morgan fingerprint density at radius 1 is 0.897 bits per heavy atom. The van der Waals surface area contributed by atoms with Crippen LogP contribution >= 0.6 is 0 Å². The van der Waals surface area contributed by atoms with Gasteiger partial charge in [-0.3, -0.25) is 0 Å². The Hall–Kier alpha value is -3.10. The van der Waals surface area contributed by atoms with Crippen molar-refractivity contribution >= 4 is 27.3 Å². The van der Waals surface area contributed by atoms with Gasteiger partial charge in [-0.15, -0.1) is 0 Å². The maximum absolute atomic E-state index is 12.3. The molecule has 7 nitrogen and oxygen atoms in total. The van der Waals surface area contributed by atoms with Crippen LogP contribution in [0, 0.1) is 6.92 Å². The van der Waals surface area contributed by atoms with Gasteiger partial charge in [0.25, 0.3) is 0 Å². The lowest BCUT2D eigenvalue weighted by Crippen LogP contribution is -2.29. The Morgan fingerprint density at radius 2 is 1.59 bits per heavy atom. The Kier molecular flexibility index (Phi) is 6.69. The number of rotatable bonds is 9. The largest absolute Gasteiger partial charge is 0.497 e. The predicted octanol–water partition coefficient (Wildman–Crippen LogP) is 3.53. The minimum atomic E-state index is -3.57. The second-order valence-corrected chi connectivity index (χ2v) is 8.17. The third kappa shape index (κ3) is 5.94. The van der Waals surface area contributed by atoms with Crippen LogP contribution in [0.1, 0.15) is 5.56 Å². The summed E-state index contributed by atoms with van der Waals surface area (Å²) in [6.07, 6.45) is 0. The van der Waals surface area contributed by atoms with E-state index >= 15 is 0 Å². The van der Waals surface area contributed by atoms with Crippen molar-refractivity contribution < 1.29 is 13.2 Å². The molecular formula is C21H24N4O3S. The van der Waals surface area contributed by atoms with Gasteiger partial charge in [-0.25, -0.2) is 18.1 Å². The lowest BCUT2D eigenvalue weighted by atomic mass is 10.2. The first-order chi connectivity index (χ1) is 14.0. The second-order valence-electron chi connectivity index (χ2n) is 6.40. The topological polar surface area (TPSA) is 92.4 Å². The maximum Gasteiger partial charge on any atom is 0.240 e. The number of hydrogen-bond donors (Lipinski definition) is 3. The molecule has 0 radical (unpaired) electrons. The van der Waals surface area contributed by atoms with Gasteiger partial charge in [-0.1, -0.05) is 23.8 Å². The summed E-state index contributed by atoms with van der Waals surface area (Å²) in [6, 6.07) is 19.9. The average molecular weight is 413 g/mol. The van der Waals surface area contributed by atoms with Gasteiger partial charge in [-0.05, 0) is 55.5 Å². The summed E-state index contributed by atoms with van der Waals surface area (Å²) in [5.41, 5.74) is 2.14. The highest BCUT2D eigenvalue weighted by Crippen LogP contribution is 2.17. The summed E-state index contributed by atoms with van der Waals surface area (Å²) in [5, 5.41) is 6.37. The van der Waals surface area contributed by atoms with E-state index in [0.29, 0.717) is 23.9 Å². The van der Waals surface area contributed by atoms with Gasteiger partial charge < -0.3 is 15.4 Å². The van der Waals surface area contributed by atoms with Crippen molar-refractivity contribution in [2.75, 3.05) is 30.8 Å². The first-order valence-corrected chi connectivity index (χ1v) is 10.6. The molecule has 1 heterocycles. The van der Waals surface area contributed by atoms with E-state index in [1.807, 2.05) is 49.4 Å². The van der Waals surface area contributed by atoms with E-state index in [0.717, 1.165) is 5.69 Å². The van der Waals surface area contributed by atoms with Crippen molar-refractivity contribution in [2.45, 2.75) is 11.8 Å². The quantitative estimate of drug-likeness (QED) is 0.466. The van der Waals surface area contributed by atoms with Crippen LogP contribution in [0.3, 0.4) is 0 Å². The van der Waals surface area contributed by atoms with E-state index in [9.17, 15) is 8.42 Å². The van der Waals surface area contributed by atoms with Gasteiger partial charge in [0, 0.05) is 18.8 Å². The van der Waals surface area contributed by atoms with E-state index in [2.05, 4.69) is 20.3 Å². The molecule has 0 fully saturated rings. The number of nitrogens with zero attached hydrogens (tertiary/aromatic N) is 1. The van der Waals surface area contributed by atoms with Gasteiger partial charge in [0.2, 0.25) is 10.0 Å². The summed E-state index contributed by atoms with van der Waals surface area (Å²) in [4.78, 5) is 4.68. The summed E-state index contributed by atoms with van der Waals surface area (Å²) in [7, 11) is -2.04. The predicted molar refractivity (Wildman–Crippen MR) is 115 cm³/mol. The van der Waals surface area contributed by atoms with Gasteiger partial charge in [0.1, 0.15) is 17.4 Å². The molecule has 0 aliphatic carbocycles. The lowest BCUT2D eigenvalue weighted by Gasteiger charge is -2.11. The zero-order valence-corrected chi connectivity index (χ0v) is 17.2. The molecule has 8 heteroatoms. The number of methoxy groups -OCH3 is 1. The SMILES string of the molecule is COc1ccc(S(=O)(=O)NCCNc2cccc(Nc3ccc(C)cc3)n2)cc1. The summed E-state index contributed by atoms with van der Waals surface area (Å²) in [6.45, 7) is 2.66. The molecule has 0 bridgehead atoms. The van der Waals surface area contributed by atoms with Gasteiger partial charge >= 0.3 is 0 Å². The second kappa shape index (κ2) is 9.40. The zero-order valence-electron chi connectivity index (χ0n) is 16.3. The van der Waals surface area contributed by atoms with Crippen molar-refractivity contribution in [3.8, 4) is 5.75 Å². The Bertz CT molecular complexity index is 1040. The molecule has 3 aromatic rings. The highest BCUT2D eigenvalue weighted by molar-refractivity contribution is 7.89. The molecule has 0 saturated heterocycles. The Morgan fingerprint density at radius 3 is 2.28 bits per heavy atom. The Labute approximate surface area is 171 Å². The molecule has 29 heavy (non-hydrogen) atoms. The maximum atomic E-state index is 12.3. The third-order valence-corrected chi connectivity index (χ3v) is 5.64. The molecule has 152 valence electrons. The van der Waals surface area contributed by atoms with Crippen molar-refractivity contribution in [1.82, 2.24) is 9.71 Å². The number of nitrogens with one attached hydrogen (secondary N) is 3. The van der Waals surface area contributed by atoms with Gasteiger partial charge in [-0.2, -0.15) is 0 Å². The van der Waals surface area contributed by atoms with Crippen LogP contribution in [-0.4, -0.2) is 33.6 Å². The van der Waals surface area contributed by atoms with E-state index in [4.69, 9.17) is 4.74 Å². The number of aromatic nitrogens is 1. The number of hydrogen-bond acceptors (Lipinski definition) is 6. The normalized spacial score (nSPS) is 11.1. The Balaban J connectivity index is 1.51. The average Bonchev–Trinajstić information content (AvgIpc) is 2.73. The minimum absolute atomic E-state index is 0.195. The molecular weight excluding hydrogens is 388 g/mol. The van der Waals surface area contributed by atoms with E-state index < -0.39 is 10.0 Å². The highest BCUT2D eigenvalue weighted by Gasteiger charge is 2.13. The van der Waals surface area contributed by atoms with Crippen LogP contribution in [0.15, 0.2) is 71.6 Å². The molecule has 0 unspecified atom stereocenters. The van der Waals surface area contributed by atoms with Crippen molar-refractivity contribution in [3.63, 3.8) is 0 Å². The molecule has 0 amide bonds. The smallest absolute Gasteiger partial charge is 0.240 e. The first kappa shape index (κ1) is 20.6. The number of sulfonamides is 1. The fourth-order valence-electron chi connectivity index (χ4n) is 2.60. The summed E-state index contributed by atoms with van der Waals surface area (Å²) in [5.74, 6) is 1.97. The van der Waals surface area contributed by atoms with Crippen LogP contribution in [0.4, 0.5) is 17.3 Å². The molecule has 1 aromatic heterocycles. The fourth-order valence-corrected chi connectivity index (χ4v) is 3.63. The number of pyridine rings is 1. The van der Waals surface area contributed by atoms with Crippen LogP contribution in [0.2, 0.25) is 0 Å². The summed E-state index contributed by atoms with van der Waals surface area (Å²) < 4.78 is 32.3.